The van der Waals surface area contributed by atoms with Crippen LogP contribution in [0.2, 0.25) is 0 Å². The van der Waals surface area contributed by atoms with Crippen molar-refractivity contribution in [2.75, 3.05) is 6.61 Å². The molecule has 2 saturated carbocycles. The topological polar surface area (TPSA) is 63.6 Å². The van der Waals surface area contributed by atoms with Crippen molar-refractivity contribution in [2.45, 2.75) is 105 Å². The van der Waals surface area contributed by atoms with Crippen molar-refractivity contribution in [2.24, 2.45) is 35.0 Å². The zero-order valence-corrected chi connectivity index (χ0v) is 19.3. The third-order valence-corrected chi connectivity index (χ3v) is 8.13. The van der Waals surface area contributed by atoms with Gasteiger partial charge >= 0.3 is 11.9 Å². The van der Waals surface area contributed by atoms with Gasteiger partial charge in [0.2, 0.25) is 0 Å². The number of hydrogen-bond donors (Lipinski definition) is 1. The van der Waals surface area contributed by atoms with Crippen LogP contribution in [0.15, 0.2) is 0 Å². The van der Waals surface area contributed by atoms with Crippen molar-refractivity contribution in [3.05, 3.63) is 0 Å². The molecule has 0 aromatic heterocycles. The second kappa shape index (κ2) is 11.4. The van der Waals surface area contributed by atoms with Crippen LogP contribution in [0.5, 0.6) is 0 Å². The predicted octanol–water partition coefficient (Wildman–Crippen LogP) is 6.47. The lowest BCUT2D eigenvalue weighted by Crippen LogP contribution is -2.40. The van der Waals surface area contributed by atoms with E-state index in [1.807, 2.05) is 0 Å². The Hall–Kier alpha value is -1.06. The van der Waals surface area contributed by atoms with Gasteiger partial charge in [0, 0.05) is 0 Å². The highest BCUT2D eigenvalue weighted by atomic mass is 16.5. The van der Waals surface area contributed by atoms with Crippen LogP contribution in [-0.2, 0) is 14.3 Å². The second-order valence-electron chi connectivity index (χ2n) is 10.4. The molecule has 1 N–H and O–H groups in total. The molecular weight excluding hydrogens is 364 g/mol. The van der Waals surface area contributed by atoms with Gasteiger partial charge < -0.3 is 9.84 Å². The molecule has 4 heteroatoms. The smallest absolute Gasteiger partial charge is 0.309 e. The first kappa shape index (κ1) is 24.2. The van der Waals surface area contributed by atoms with Crippen molar-refractivity contribution in [1.82, 2.24) is 0 Å². The third kappa shape index (κ3) is 6.72. The van der Waals surface area contributed by atoms with Crippen LogP contribution in [-0.4, -0.2) is 23.7 Å². The van der Waals surface area contributed by atoms with E-state index in [1.54, 1.807) is 0 Å². The molecular formula is C25H44O4. The molecule has 0 saturated heterocycles. The van der Waals surface area contributed by atoms with Gasteiger partial charge in [-0.2, -0.15) is 0 Å². The van der Waals surface area contributed by atoms with Crippen LogP contribution < -0.4 is 0 Å². The minimum absolute atomic E-state index is 0.274. The number of carbonyl (C=O) groups is 2. The maximum Gasteiger partial charge on any atom is 0.309 e. The molecule has 168 valence electrons. The van der Waals surface area contributed by atoms with Gasteiger partial charge in [0.25, 0.3) is 0 Å². The molecule has 0 aromatic rings. The van der Waals surface area contributed by atoms with Crippen LogP contribution in [0.4, 0.5) is 0 Å². The normalized spacial score (nSPS) is 35.2. The second-order valence-corrected chi connectivity index (χ2v) is 10.4. The molecule has 2 aliphatic carbocycles. The zero-order valence-electron chi connectivity index (χ0n) is 19.3. The van der Waals surface area contributed by atoms with E-state index in [-0.39, 0.29) is 5.97 Å². The van der Waals surface area contributed by atoms with E-state index < -0.39 is 17.8 Å². The molecule has 0 bridgehead atoms. The molecule has 6 atom stereocenters. The molecule has 2 fully saturated rings. The highest BCUT2D eigenvalue weighted by molar-refractivity contribution is 5.81. The molecule has 2 aliphatic rings. The summed E-state index contributed by atoms with van der Waals surface area (Å²) in [4.78, 5) is 24.2. The van der Waals surface area contributed by atoms with Gasteiger partial charge in [0.05, 0.1) is 18.4 Å². The van der Waals surface area contributed by atoms with Crippen LogP contribution in [0.3, 0.4) is 0 Å². The Morgan fingerprint density at radius 2 is 1.69 bits per heavy atom. The summed E-state index contributed by atoms with van der Waals surface area (Å²) in [6.45, 7) is 9.82. The van der Waals surface area contributed by atoms with Crippen molar-refractivity contribution in [1.29, 1.82) is 0 Å². The number of carboxylic acids is 1. The fourth-order valence-corrected chi connectivity index (χ4v) is 5.74. The van der Waals surface area contributed by atoms with Gasteiger partial charge in [-0.1, -0.05) is 72.6 Å². The summed E-state index contributed by atoms with van der Waals surface area (Å²) in [5, 5.41) is 9.44. The fraction of sp³-hybridized carbons (Fsp3) is 0.920. The lowest BCUT2D eigenvalue weighted by Gasteiger charge is -2.46. The summed E-state index contributed by atoms with van der Waals surface area (Å²) >= 11 is 0. The van der Waals surface area contributed by atoms with Gasteiger partial charge in [0.1, 0.15) is 0 Å². The number of carbonyl (C=O) groups excluding carboxylic acids is 1. The average molecular weight is 409 g/mol. The third-order valence-electron chi connectivity index (χ3n) is 8.13. The quantitative estimate of drug-likeness (QED) is 0.332. The molecule has 0 radical (unpaired) electrons. The molecule has 0 heterocycles. The Balaban J connectivity index is 1.88. The number of esters is 1. The zero-order chi connectivity index (χ0) is 21.4. The largest absolute Gasteiger partial charge is 0.481 e. The van der Waals surface area contributed by atoms with E-state index in [1.165, 1.54) is 44.9 Å². The van der Waals surface area contributed by atoms with E-state index in [9.17, 15) is 14.7 Å². The molecule has 29 heavy (non-hydrogen) atoms. The summed E-state index contributed by atoms with van der Waals surface area (Å²) in [6, 6.07) is 0. The number of unbranched alkanes of at least 4 members (excludes halogenated alkanes) is 4. The minimum atomic E-state index is -0.845. The Kier molecular flexibility index (Phi) is 9.49. The number of ether oxygens (including phenoxy) is 1. The van der Waals surface area contributed by atoms with Gasteiger partial charge in [0.15, 0.2) is 0 Å². The molecule has 0 aliphatic heterocycles. The Labute approximate surface area is 178 Å². The molecule has 0 spiro atoms. The van der Waals surface area contributed by atoms with Crippen molar-refractivity contribution in [3.8, 4) is 0 Å². The predicted molar refractivity (Wildman–Crippen MR) is 117 cm³/mol. The van der Waals surface area contributed by atoms with Gasteiger partial charge in [-0.15, -0.1) is 0 Å². The van der Waals surface area contributed by atoms with Crippen LogP contribution >= 0.6 is 0 Å². The lowest BCUT2D eigenvalue weighted by molar-refractivity contribution is -0.162. The Morgan fingerprint density at radius 3 is 2.34 bits per heavy atom. The number of hydrogen-bond acceptors (Lipinski definition) is 3. The van der Waals surface area contributed by atoms with E-state index in [4.69, 9.17) is 4.74 Å². The van der Waals surface area contributed by atoms with Crippen molar-refractivity contribution in [3.63, 3.8) is 0 Å². The van der Waals surface area contributed by atoms with E-state index in [0.717, 1.165) is 19.3 Å². The molecule has 6 unspecified atom stereocenters. The maximum absolute atomic E-state index is 12.7. The molecule has 0 amide bonds. The summed E-state index contributed by atoms with van der Waals surface area (Å²) in [5.41, 5.74) is 0.324. The van der Waals surface area contributed by atoms with Gasteiger partial charge in [-0.05, 0) is 55.3 Å². The number of aliphatic carboxylic acids is 1. The SMILES string of the molecule is CCCCCCCC1(C)CC(COC(=O)C2CCCCC2C(=O)O)C(C)CC1C. The van der Waals surface area contributed by atoms with Gasteiger partial charge in [-0.25, -0.2) is 0 Å². The first-order valence-corrected chi connectivity index (χ1v) is 12.2. The standard InChI is InChI=1S/C25H44O4/c1-5-6-7-8-11-14-25(4)16-20(18(2)15-19(25)3)17-29-24(28)22-13-10-9-12-21(22)23(26)27/h18-22H,5-17H2,1-4H3,(H,26,27). The van der Waals surface area contributed by atoms with E-state index in [0.29, 0.717) is 42.6 Å². The Bertz CT molecular complexity index is 531. The highest BCUT2D eigenvalue weighted by Crippen LogP contribution is 2.49. The van der Waals surface area contributed by atoms with Gasteiger partial charge in [-0.3, -0.25) is 9.59 Å². The monoisotopic (exact) mass is 408 g/mol. The first-order valence-electron chi connectivity index (χ1n) is 12.2. The maximum atomic E-state index is 12.7. The molecule has 2 rings (SSSR count). The van der Waals surface area contributed by atoms with E-state index in [2.05, 4.69) is 27.7 Å². The Morgan fingerprint density at radius 1 is 1.03 bits per heavy atom. The summed E-state index contributed by atoms with van der Waals surface area (Å²) < 4.78 is 5.76. The summed E-state index contributed by atoms with van der Waals surface area (Å²) in [6.07, 6.45) is 13.2. The molecule has 0 aromatic carbocycles. The average Bonchev–Trinajstić information content (AvgIpc) is 2.69. The molecule has 4 nitrogen and oxygen atoms in total. The number of carboxylic acid groups (broad SMARTS) is 1. The summed E-state index contributed by atoms with van der Waals surface area (Å²) in [5.74, 6) is -0.496. The minimum Gasteiger partial charge on any atom is -0.481 e. The first-order chi connectivity index (χ1) is 13.8. The number of rotatable bonds is 10. The van der Waals surface area contributed by atoms with Crippen molar-refractivity contribution < 1.29 is 19.4 Å². The van der Waals surface area contributed by atoms with Crippen LogP contribution in [0.1, 0.15) is 105 Å². The highest BCUT2D eigenvalue weighted by Gasteiger charge is 2.42. The van der Waals surface area contributed by atoms with Crippen LogP contribution in [0.25, 0.3) is 0 Å². The fourth-order valence-electron chi connectivity index (χ4n) is 5.74. The lowest BCUT2D eigenvalue weighted by atomic mass is 9.59. The summed E-state index contributed by atoms with van der Waals surface area (Å²) in [7, 11) is 0. The van der Waals surface area contributed by atoms with E-state index >= 15 is 0 Å². The van der Waals surface area contributed by atoms with Crippen LogP contribution in [0, 0.1) is 35.0 Å². The van der Waals surface area contributed by atoms with Crippen molar-refractivity contribution >= 4 is 11.9 Å².